The molecule has 3 heteroatoms. The SMILES string of the molecule is Cc1ccc2[n+](c1)C[C@@H](O)CN2. The lowest BCUT2D eigenvalue weighted by Gasteiger charge is -2.17. The Morgan fingerprint density at radius 3 is 3.25 bits per heavy atom. The molecule has 0 radical (unpaired) electrons. The van der Waals surface area contributed by atoms with Crippen molar-refractivity contribution in [3.05, 3.63) is 23.9 Å². The minimum atomic E-state index is -0.260. The van der Waals surface area contributed by atoms with E-state index in [4.69, 9.17) is 0 Å². The first-order chi connectivity index (χ1) is 5.75. The van der Waals surface area contributed by atoms with Crippen LogP contribution in [0.5, 0.6) is 0 Å². The lowest BCUT2D eigenvalue weighted by atomic mass is 10.2. The van der Waals surface area contributed by atoms with E-state index in [2.05, 4.69) is 11.4 Å². The van der Waals surface area contributed by atoms with Gasteiger partial charge in [0.1, 0.15) is 19.2 Å². The molecule has 0 amide bonds. The molecule has 1 aromatic rings. The summed E-state index contributed by atoms with van der Waals surface area (Å²) < 4.78 is 2.05. The maximum absolute atomic E-state index is 9.36. The van der Waals surface area contributed by atoms with Gasteiger partial charge in [0.15, 0.2) is 0 Å². The Kier molecular flexibility index (Phi) is 1.73. The number of nitrogens with one attached hydrogen (secondary N) is 1. The second-order valence-electron chi connectivity index (χ2n) is 3.28. The lowest BCUT2D eigenvalue weighted by molar-refractivity contribution is -0.693. The van der Waals surface area contributed by atoms with Gasteiger partial charge in [-0.3, -0.25) is 5.32 Å². The van der Waals surface area contributed by atoms with Crippen molar-refractivity contribution in [2.45, 2.75) is 19.6 Å². The Balaban J connectivity index is 2.37. The van der Waals surface area contributed by atoms with Crippen LogP contribution in [0.25, 0.3) is 0 Å². The third kappa shape index (κ3) is 1.28. The van der Waals surface area contributed by atoms with Crippen molar-refractivity contribution in [2.24, 2.45) is 0 Å². The molecule has 1 aliphatic rings. The number of aliphatic hydroxyl groups is 1. The third-order valence-corrected chi connectivity index (χ3v) is 2.10. The molecule has 2 N–H and O–H groups in total. The van der Waals surface area contributed by atoms with E-state index in [1.54, 1.807) is 0 Å². The number of fused-ring (bicyclic) bond motifs is 1. The van der Waals surface area contributed by atoms with Crippen LogP contribution in [0.3, 0.4) is 0 Å². The molecule has 0 saturated carbocycles. The summed E-state index contributed by atoms with van der Waals surface area (Å²) in [6.45, 7) is 3.40. The summed E-state index contributed by atoms with van der Waals surface area (Å²) in [7, 11) is 0. The van der Waals surface area contributed by atoms with E-state index in [1.807, 2.05) is 23.8 Å². The summed E-state index contributed by atoms with van der Waals surface area (Å²) in [6, 6.07) is 4.11. The normalized spacial score (nSPS) is 21.3. The first-order valence-electron chi connectivity index (χ1n) is 4.18. The van der Waals surface area contributed by atoms with E-state index < -0.39 is 0 Å². The van der Waals surface area contributed by atoms with Gasteiger partial charge in [0, 0.05) is 6.07 Å². The summed E-state index contributed by atoms with van der Waals surface area (Å²) in [5, 5.41) is 12.5. The zero-order valence-corrected chi connectivity index (χ0v) is 7.12. The number of aromatic nitrogens is 1. The summed E-state index contributed by atoms with van der Waals surface area (Å²) in [5.41, 5.74) is 1.22. The van der Waals surface area contributed by atoms with Crippen LogP contribution >= 0.6 is 0 Å². The maximum Gasteiger partial charge on any atom is 0.274 e. The van der Waals surface area contributed by atoms with E-state index in [-0.39, 0.29) is 6.10 Å². The molecule has 2 rings (SSSR count). The summed E-state index contributed by atoms with van der Waals surface area (Å²) >= 11 is 0. The standard InChI is InChI=1S/C9H12N2O/c1-7-2-3-9-10-4-8(12)6-11(9)5-7/h2-3,5,8,12H,4,6H2,1H3/p+1/t8-/m0/s1. The summed E-state index contributed by atoms with van der Waals surface area (Å²) in [4.78, 5) is 0. The first-order valence-corrected chi connectivity index (χ1v) is 4.18. The van der Waals surface area contributed by atoms with E-state index >= 15 is 0 Å². The number of pyridine rings is 1. The van der Waals surface area contributed by atoms with Crippen LogP contribution < -0.4 is 9.88 Å². The first kappa shape index (κ1) is 7.55. The zero-order valence-electron chi connectivity index (χ0n) is 7.12. The Morgan fingerprint density at radius 2 is 2.42 bits per heavy atom. The predicted octanol–water partition coefficient (Wildman–Crippen LogP) is 0.0689. The van der Waals surface area contributed by atoms with E-state index in [0.29, 0.717) is 13.1 Å². The average molecular weight is 165 g/mol. The number of nitrogens with zero attached hydrogens (tertiary/aromatic N) is 1. The third-order valence-electron chi connectivity index (χ3n) is 2.10. The van der Waals surface area contributed by atoms with Crippen molar-refractivity contribution in [3.63, 3.8) is 0 Å². The van der Waals surface area contributed by atoms with Gasteiger partial charge in [-0.1, -0.05) is 0 Å². The van der Waals surface area contributed by atoms with Crippen LogP contribution in [-0.4, -0.2) is 17.8 Å². The molecule has 2 heterocycles. The number of aliphatic hydroxyl groups excluding tert-OH is 1. The molecule has 1 atom stereocenters. The summed E-state index contributed by atoms with van der Waals surface area (Å²) in [6.07, 6.45) is 1.79. The number of hydrogen-bond acceptors (Lipinski definition) is 2. The van der Waals surface area contributed by atoms with Gasteiger partial charge in [0.05, 0.1) is 6.20 Å². The minimum Gasteiger partial charge on any atom is -0.385 e. The highest BCUT2D eigenvalue weighted by atomic mass is 16.3. The van der Waals surface area contributed by atoms with Crippen LogP contribution in [0.15, 0.2) is 18.3 Å². The largest absolute Gasteiger partial charge is 0.385 e. The van der Waals surface area contributed by atoms with Gasteiger partial charge in [-0.2, -0.15) is 0 Å². The fourth-order valence-electron chi connectivity index (χ4n) is 1.49. The van der Waals surface area contributed by atoms with Crippen LogP contribution in [-0.2, 0) is 6.54 Å². The molecule has 0 saturated heterocycles. The lowest BCUT2D eigenvalue weighted by Crippen LogP contribution is -2.49. The monoisotopic (exact) mass is 165 g/mol. The van der Waals surface area contributed by atoms with E-state index in [1.165, 1.54) is 5.56 Å². The zero-order chi connectivity index (χ0) is 8.55. The topological polar surface area (TPSA) is 36.1 Å². The molecule has 12 heavy (non-hydrogen) atoms. The molecule has 1 aliphatic heterocycles. The summed E-state index contributed by atoms with van der Waals surface area (Å²) in [5.74, 6) is 1.09. The van der Waals surface area contributed by atoms with Crippen LogP contribution in [0.4, 0.5) is 5.82 Å². The Bertz CT molecular complexity index is 299. The molecule has 0 fully saturated rings. The van der Waals surface area contributed by atoms with Gasteiger partial charge in [-0.25, -0.2) is 4.57 Å². The van der Waals surface area contributed by atoms with E-state index in [0.717, 1.165) is 5.82 Å². The van der Waals surface area contributed by atoms with Crippen molar-refractivity contribution in [1.29, 1.82) is 0 Å². The molecule has 0 spiro atoms. The molecule has 3 nitrogen and oxygen atoms in total. The van der Waals surface area contributed by atoms with Gasteiger partial charge in [0.2, 0.25) is 0 Å². The number of aryl methyl sites for hydroxylation is 1. The minimum absolute atomic E-state index is 0.260. The highest BCUT2D eigenvalue weighted by Gasteiger charge is 2.20. The second kappa shape index (κ2) is 2.75. The van der Waals surface area contributed by atoms with Crippen LogP contribution in [0.2, 0.25) is 0 Å². The Morgan fingerprint density at radius 1 is 1.58 bits per heavy atom. The molecule has 0 aliphatic carbocycles. The van der Waals surface area contributed by atoms with Crippen molar-refractivity contribution in [2.75, 3.05) is 11.9 Å². The van der Waals surface area contributed by atoms with E-state index in [9.17, 15) is 5.11 Å². The van der Waals surface area contributed by atoms with Crippen molar-refractivity contribution in [1.82, 2.24) is 0 Å². The highest BCUT2D eigenvalue weighted by Crippen LogP contribution is 2.06. The van der Waals surface area contributed by atoms with Crippen LogP contribution in [0.1, 0.15) is 5.56 Å². The van der Waals surface area contributed by atoms with Gasteiger partial charge < -0.3 is 5.11 Å². The Labute approximate surface area is 71.7 Å². The number of β-amino-alcohol motifs (C(OH)–C–C–N with tert-alkyl or cyclic N) is 1. The number of rotatable bonds is 0. The highest BCUT2D eigenvalue weighted by molar-refractivity contribution is 5.30. The number of hydrogen-bond donors (Lipinski definition) is 2. The maximum atomic E-state index is 9.36. The Hall–Kier alpha value is -1.09. The molecule has 64 valence electrons. The fraction of sp³-hybridized carbons (Fsp3) is 0.444. The van der Waals surface area contributed by atoms with Gasteiger partial charge >= 0.3 is 0 Å². The number of anilines is 1. The molecule has 1 aromatic heterocycles. The van der Waals surface area contributed by atoms with Crippen molar-refractivity contribution < 1.29 is 9.67 Å². The molecular formula is C9H13N2O+. The predicted molar refractivity (Wildman–Crippen MR) is 45.9 cm³/mol. The van der Waals surface area contributed by atoms with Gasteiger partial charge in [-0.15, -0.1) is 0 Å². The van der Waals surface area contributed by atoms with Crippen molar-refractivity contribution in [3.8, 4) is 0 Å². The molecular weight excluding hydrogens is 152 g/mol. The fourth-order valence-corrected chi connectivity index (χ4v) is 1.49. The second-order valence-corrected chi connectivity index (χ2v) is 3.28. The average Bonchev–Trinajstić information content (AvgIpc) is 2.03. The molecule has 0 aromatic carbocycles. The van der Waals surface area contributed by atoms with Gasteiger partial charge in [0.25, 0.3) is 5.82 Å². The smallest absolute Gasteiger partial charge is 0.274 e. The van der Waals surface area contributed by atoms with Crippen LogP contribution in [0, 0.1) is 6.92 Å². The molecule has 0 bridgehead atoms. The van der Waals surface area contributed by atoms with Gasteiger partial charge in [-0.05, 0) is 18.6 Å². The van der Waals surface area contributed by atoms with Crippen molar-refractivity contribution >= 4 is 5.82 Å². The quantitative estimate of drug-likeness (QED) is 0.534. The molecule has 0 unspecified atom stereocenters.